The van der Waals surface area contributed by atoms with Crippen molar-refractivity contribution < 1.29 is 0 Å². The van der Waals surface area contributed by atoms with E-state index in [1.807, 2.05) is 23.7 Å². The van der Waals surface area contributed by atoms with Gasteiger partial charge in [0, 0.05) is 38.5 Å². The number of rotatable bonds is 0. The van der Waals surface area contributed by atoms with Gasteiger partial charge in [-0.3, -0.25) is 0 Å². The van der Waals surface area contributed by atoms with Gasteiger partial charge in [-0.1, -0.05) is 49.4 Å². The first kappa shape index (κ1) is 14.3. The highest BCUT2D eigenvalue weighted by Gasteiger charge is 2.15. The van der Waals surface area contributed by atoms with Crippen LogP contribution in [0.15, 0.2) is 66.5 Å². The summed E-state index contributed by atoms with van der Waals surface area (Å²) in [7, 11) is 0. The number of hydrogen-bond acceptors (Lipinski definition) is 2. The van der Waals surface area contributed by atoms with Crippen LogP contribution in [0.1, 0.15) is 30.9 Å². The Balaban J connectivity index is 2.03. The summed E-state index contributed by atoms with van der Waals surface area (Å²) in [5.74, 6) is 0.382. The van der Waals surface area contributed by atoms with Gasteiger partial charge < -0.3 is 5.32 Å². The highest BCUT2D eigenvalue weighted by atomic mass is 32.1. The van der Waals surface area contributed by atoms with Gasteiger partial charge in [0.2, 0.25) is 0 Å². The summed E-state index contributed by atoms with van der Waals surface area (Å²) in [5.41, 5.74) is 3.95. The molecule has 1 atom stereocenters. The third-order valence-electron chi connectivity index (χ3n) is 4.39. The van der Waals surface area contributed by atoms with E-state index in [-0.39, 0.29) is 0 Å². The number of nitrogens with one attached hydrogen (secondary N) is 1. The lowest BCUT2D eigenvalue weighted by Crippen LogP contribution is -1.99. The molecular formula is C21H19NS. The van der Waals surface area contributed by atoms with Crippen LogP contribution in [0.4, 0.5) is 0 Å². The predicted octanol–water partition coefficient (Wildman–Crippen LogP) is 6.19. The standard InChI is InChI=1S/C21H19NS/c1-14-7-8-15(2)20-16(11-12-22-13-14)9-10-18-17-5-3-4-6-19(17)23-21(18)20/h3-13,15,22H,1-2H3/b8-7?,12-11-,14-13?. The van der Waals surface area contributed by atoms with Gasteiger partial charge in [0.05, 0.1) is 0 Å². The molecule has 0 bridgehead atoms. The molecular weight excluding hydrogens is 298 g/mol. The molecule has 1 nitrogen and oxygen atoms in total. The summed E-state index contributed by atoms with van der Waals surface area (Å²) in [6.07, 6.45) is 10.7. The molecule has 0 saturated carbocycles. The van der Waals surface area contributed by atoms with Crippen LogP contribution in [0.3, 0.4) is 0 Å². The molecule has 0 radical (unpaired) electrons. The number of allylic oxidation sites excluding steroid dienone is 3. The van der Waals surface area contributed by atoms with Crippen molar-refractivity contribution in [1.29, 1.82) is 0 Å². The van der Waals surface area contributed by atoms with E-state index < -0.39 is 0 Å². The van der Waals surface area contributed by atoms with E-state index in [1.165, 1.54) is 36.9 Å². The van der Waals surface area contributed by atoms with Gasteiger partial charge >= 0.3 is 0 Å². The van der Waals surface area contributed by atoms with Crippen LogP contribution >= 0.6 is 11.3 Å². The summed E-state index contributed by atoms with van der Waals surface area (Å²) in [6, 6.07) is 13.2. The zero-order chi connectivity index (χ0) is 15.8. The lowest BCUT2D eigenvalue weighted by Gasteiger charge is -2.14. The van der Waals surface area contributed by atoms with Gasteiger partial charge in [-0.25, -0.2) is 0 Å². The average Bonchev–Trinajstić information content (AvgIpc) is 2.94. The molecule has 1 N–H and O–H groups in total. The summed E-state index contributed by atoms with van der Waals surface area (Å²) < 4.78 is 2.77. The number of thiophene rings is 1. The van der Waals surface area contributed by atoms with Gasteiger partial charge in [-0.05, 0) is 35.8 Å². The number of hydrogen-bond donors (Lipinski definition) is 1. The fraction of sp³-hybridized carbons (Fsp3) is 0.143. The molecule has 2 heterocycles. The van der Waals surface area contributed by atoms with Gasteiger partial charge in [-0.2, -0.15) is 0 Å². The SMILES string of the molecule is CC1=CN/C=C\c2ccc3c(sc4ccccc43)c2C(C)C=C1. The van der Waals surface area contributed by atoms with Crippen molar-refractivity contribution in [3.63, 3.8) is 0 Å². The molecule has 0 saturated heterocycles. The Bertz CT molecular complexity index is 972. The molecule has 3 aromatic rings. The smallest absolute Gasteiger partial charge is 0.0399 e. The zero-order valence-electron chi connectivity index (χ0n) is 13.3. The first-order valence-electron chi connectivity index (χ1n) is 7.96. The maximum absolute atomic E-state index is 3.24. The Morgan fingerprint density at radius 2 is 1.87 bits per heavy atom. The second kappa shape index (κ2) is 5.71. The van der Waals surface area contributed by atoms with Crippen molar-refractivity contribution in [2.24, 2.45) is 0 Å². The molecule has 0 spiro atoms. The normalized spacial score (nSPS) is 19.2. The van der Waals surface area contributed by atoms with E-state index in [2.05, 4.69) is 73.8 Å². The number of fused-ring (bicyclic) bond motifs is 5. The molecule has 114 valence electrons. The van der Waals surface area contributed by atoms with E-state index in [1.54, 1.807) is 0 Å². The highest BCUT2D eigenvalue weighted by Crippen LogP contribution is 2.40. The Hall–Kier alpha value is -2.32. The molecule has 2 heteroatoms. The Labute approximate surface area is 140 Å². The quantitative estimate of drug-likeness (QED) is 0.521. The average molecular weight is 317 g/mol. The van der Waals surface area contributed by atoms with Crippen LogP contribution in [-0.4, -0.2) is 0 Å². The topological polar surface area (TPSA) is 12.0 Å². The molecule has 0 aliphatic carbocycles. The van der Waals surface area contributed by atoms with Gasteiger partial charge in [-0.15, -0.1) is 11.3 Å². The molecule has 1 aliphatic heterocycles. The third-order valence-corrected chi connectivity index (χ3v) is 5.61. The lowest BCUT2D eigenvalue weighted by atomic mass is 9.92. The lowest BCUT2D eigenvalue weighted by molar-refractivity contribution is 0.974. The largest absolute Gasteiger partial charge is 0.367 e. The molecule has 4 rings (SSSR count). The summed E-state index contributed by atoms with van der Waals surface area (Å²) in [5, 5.41) is 5.98. The molecule has 1 unspecified atom stereocenters. The molecule has 0 fully saturated rings. The van der Waals surface area contributed by atoms with Crippen molar-refractivity contribution in [2.45, 2.75) is 19.8 Å². The van der Waals surface area contributed by atoms with Gasteiger partial charge in [0.15, 0.2) is 0 Å². The molecule has 2 aromatic carbocycles. The van der Waals surface area contributed by atoms with Crippen LogP contribution < -0.4 is 5.32 Å². The second-order valence-corrected chi connectivity index (χ2v) is 7.13. The third kappa shape index (κ3) is 2.49. The molecule has 23 heavy (non-hydrogen) atoms. The van der Waals surface area contributed by atoms with E-state index in [9.17, 15) is 0 Å². The van der Waals surface area contributed by atoms with E-state index >= 15 is 0 Å². The fourth-order valence-electron chi connectivity index (χ4n) is 3.20. The fourth-order valence-corrected chi connectivity index (χ4v) is 4.55. The van der Waals surface area contributed by atoms with Crippen molar-refractivity contribution in [2.75, 3.05) is 0 Å². The van der Waals surface area contributed by atoms with Crippen LogP contribution in [0, 0.1) is 0 Å². The van der Waals surface area contributed by atoms with Crippen molar-refractivity contribution >= 4 is 37.6 Å². The van der Waals surface area contributed by atoms with Crippen molar-refractivity contribution in [3.8, 4) is 0 Å². The van der Waals surface area contributed by atoms with Crippen molar-refractivity contribution in [3.05, 3.63) is 77.7 Å². The second-order valence-electron chi connectivity index (χ2n) is 6.08. The van der Waals surface area contributed by atoms with Crippen LogP contribution in [0.25, 0.3) is 26.2 Å². The van der Waals surface area contributed by atoms with Crippen LogP contribution in [-0.2, 0) is 0 Å². The zero-order valence-corrected chi connectivity index (χ0v) is 14.2. The summed E-state index contributed by atoms with van der Waals surface area (Å²) in [4.78, 5) is 0. The van der Waals surface area contributed by atoms with Gasteiger partial charge in [0.1, 0.15) is 0 Å². The Morgan fingerprint density at radius 3 is 2.78 bits per heavy atom. The predicted molar refractivity (Wildman–Crippen MR) is 103 cm³/mol. The minimum atomic E-state index is 0.382. The summed E-state index contributed by atoms with van der Waals surface area (Å²) >= 11 is 1.91. The Morgan fingerprint density at radius 1 is 1.00 bits per heavy atom. The van der Waals surface area contributed by atoms with Crippen LogP contribution in [0.5, 0.6) is 0 Å². The molecule has 0 amide bonds. The van der Waals surface area contributed by atoms with E-state index in [0.29, 0.717) is 5.92 Å². The monoisotopic (exact) mass is 317 g/mol. The molecule has 1 aromatic heterocycles. The Kier molecular flexibility index (Phi) is 3.55. The van der Waals surface area contributed by atoms with E-state index in [4.69, 9.17) is 0 Å². The first-order chi connectivity index (χ1) is 11.2. The summed E-state index contributed by atoms with van der Waals surface area (Å²) in [6.45, 7) is 4.40. The molecule has 1 aliphatic rings. The minimum Gasteiger partial charge on any atom is -0.367 e. The van der Waals surface area contributed by atoms with Crippen molar-refractivity contribution in [1.82, 2.24) is 5.32 Å². The van der Waals surface area contributed by atoms with E-state index in [0.717, 1.165) is 0 Å². The van der Waals surface area contributed by atoms with Gasteiger partial charge in [0.25, 0.3) is 0 Å². The van der Waals surface area contributed by atoms with Crippen LogP contribution in [0.2, 0.25) is 0 Å². The minimum absolute atomic E-state index is 0.382. The highest BCUT2D eigenvalue weighted by molar-refractivity contribution is 7.26. The maximum Gasteiger partial charge on any atom is 0.0399 e. The first-order valence-corrected chi connectivity index (χ1v) is 8.77. The number of benzene rings is 2. The maximum atomic E-state index is 3.24.